The summed E-state index contributed by atoms with van der Waals surface area (Å²) in [7, 11) is 0. The minimum Gasteiger partial charge on any atom is -0.352 e. The first-order valence-electron chi connectivity index (χ1n) is 6.60. The van der Waals surface area contributed by atoms with Crippen molar-refractivity contribution in [1.29, 1.82) is 0 Å². The summed E-state index contributed by atoms with van der Waals surface area (Å²) in [5.41, 5.74) is 3.71. The molecule has 1 amide bonds. The average Bonchev–Trinajstić information content (AvgIpc) is 2.44. The van der Waals surface area contributed by atoms with E-state index >= 15 is 0 Å². The number of amides is 1. The van der Waals surface area contributed by atoms with Crippen LogP contribution in [-0.2, 0) is 6.42 Å². The number of nitrogens with one attached hydrogen (secondary N) is 2. The van der Waals surface area contributed by atoms with Crippen molar-refractivity contribution in [3.8, 4) is 0 Å². The molecule has 0 saturated heterocycles. The lowest BCUT2D eigenvalue weighted by Crippen LogP contribution is -2.26. The van der Waals surface area contributed by atoms with E-state index in [0.29, 0.717) is 18.5 Å². The molecule has 2 rings (SSSR count). The number of hydrogen-bond acceptors (Lipinski definition) is 2. The first-order valence-corrected chi connectivity index (χ1v) is 6.60. The zero-order valence-electron chi connectivity index (χ0n) is 11.7. The largest absolute Gasteiger partial charge is 0.352 e. The molecule has 0 fully saturated rings. The summed E-state index contributed by atoms with van der Waals surface area (Å²) < 4.78 is 0. The minimum absolute atomic E-state index is 0.0596. The third-order valence-corrected chi connectivity index (χ3v) is 3.40. The van der Waals surface area contributed by atoms with Crippen LogP contribution in [0.5, 0.6) is 0 Å². The number of carbonyl (C=O) groups is 1. The molecule has 2 aromatic rings. The Hall–Kier alpha value is -2.36. The number of aromatic nitrogens is 1. The molecule has 1 aromatic carbocycles. The molecule has 0 aliphatic rings. The predicted octanol–water partition coefficient (Wildman–Crippen LogP) is 1.96. The second-order valence-corrected chi connectivity index (χ2v) is 4.81. The number of H-pyrrole nitrogens is 1. The lowest BCUT2D eigenvalue weighted by atomic mass is 10.0. The Morgan fingerprint density at radius 2 is 2.00 bits per heavy atom. The second kappa shape index (κ2) is 6.19. The van der Waals surface area contributed by atoms with Gasteiger partial charge in [0.15, 0.2) is 0 Å². The van der Waals surface area contributed by atoms with Gasteiger partial charge in [0.05, 0.1) is 0 Å². The normalized spacial score (nSPS) is 10.3. The van der Waals surface area contributed by atoms with Gasteiger partial charge in [0.2, 0.25) is 5.56 Å². The number of aromatic amines is 1. The van der Waals surface area contributed by atoms with E-state index in [1.165, 1.54) is 6.07 Å². The van der Waals surface area contributed by atoms with Crippen molar-refractivity contribution in [2.75, 3.05) is 6.54 Å². The number of benzene rings is 1. The topological polar surface area (TPSA) is 62.0 Å². The van der Waals surface area contributed by atoms with Crippen molar-refractivity contribution in [2.24, 2.45) is 0 Å². The lowest BCUT2D eigenvalue weighted by molar-refractivity contribution is 0.0953. The first kappa shape index (κ1) is 14.1. The third-order valence-electron chi connectivity index (χ3n) is 3.40. The molecule has 0 saturated carbocycles. The molecule has 0 bridgehead atoms. The molecule has 2 N–H and O–H groups in total. The van der Waals surface area contributed by atoms with E-state index in [-0.39, 0.29) is 11.5 Å². The van der Waals surface area contributed by atoms with Crippen LogP contribution >= 0.6 is 0 Å². The highest BCUT2D eigenvalue weighted by atomic mass is 16.1. The minimum atomic E-state index is -0.117. The predicted molar refractivity (Wildman–Crippen MR) is 79.0 cm³/mol. The summed E-state index contributed by atoms with van der Waals surface area (Å²) in [5.74, 6) is -0.0596. The molecule has 0 unspecified atom stereocenters. The van der Waals surface area contributed by atoms with Gasteiger partial charge in [0.25, 0.3) is 5.91 Å². The smallest absolute Gasteiger partial charge is 0.251 e. The van der Waals surface area contributed by atoms with Crippen LogP contribution in [0, 0.1) is 13.8 Å². The van der Waals surface area contributed by atoms with E-state index in [4.69, 9.17) is 0 Å². The average molecular weight is 270 g/mol. The maximum Gasteiger partial charge on any atom is 0.251 e. The molecule has 0 aliphatic carbocycles. The van der Waals surface area contributed by atoms with Crippen LogP contribution in [-0.4, -0.2) is 17.4 Å². The van der Waals surface area contributed by atoms with Gasteiger partial charge in [-0.15, -0.1) is 0 Å². The molecule has 0 aliphatic heterocycles. The van der Waals surface area contributed by atoms with E-state index < -0.39 is 0 Å². The second-order valence-electron chi connectivity index (χ2n) is 4.81. The van der Waals surface area contributed by atoms with Gasteiger partial charge in [-0.2, -0.15) is 0 Å². The summed E-state index contributed by atoms with van der Waals surface area (Å²) in [5, 5.41) is 2.90. The Bertz CT molecular complexity index is 654. The molecule has 0 spiro atoms. The SMILES string of the molecule is Cc1cccc(C(=O)NCCc2ccc(=O)[nH]c2)c1C. The summed E-state index contributed by atoms with van der Waals surface area (Å²) in [6.45, 7) is 4.48. The molecule has 0 atom stereocenters. The molecule has 1 aromatic heterocycles. The van der Waals surface area contributed by atoms with Crippen LogP contribution in [0.1, 0.15) is 27.0 Å². The fourth-order valence-electron chi connectivity index (χ4n) is 2.01. The van der Waals surface area contributed by atoms with Crippen LogP contribution < -0.4 is 10.9 Å². The van der Waals surface area contributed by atoms with Gasteiger partial charge in [-0.05, 0) is 43.0 Å². The van der Waals surface area contributed by atoms with E-state index in [9.17, 15) is 9.59 Å². The number of pyridine rings is 1. The summed E-state index contributed by atoms with van der Waals surface area (Å²) in [6.07, 6.45) is 2.36. The van der Waals surface area contributed by atoms with Gasteiger partial charge >= 0.3 is 0 Å². The summed E-state index contributed by atoms with van der Waals surface area (Å²) in [6, 6.07) is 8.97. The van der Waals surface area contributed by atoms with E-state index in [0.717, 1.165) is 16.7 Å². The highest BCUT2D eigenvalue weighted by Gasteiger charge is 2.09. The van der Waals surface area contributed by atoms with Crippen molar-refractivity contribution in [3.05, 3.63) is 69.1 Å². The van der Waals surface area contributed by atoms with Crippen molar-refractivity contribution in [3.63, 3.8) is 0 Å². The summed E-state index contributed by atoms with van der Waals surface area (Å²) >= 11 is 0. The Kier molecular flexibility index (Phi) is 4.35. The highest BCUT2D eigenvalue weighted by Crippen LogP contribution is 2.12. The Morgan fingerprint density at radius 3 is 2.70 bits per heavy atom. The van der Waals surface area contributed by atoms with Crippen LogP contribution in [0.3, 0.4) is 0 Å². The standard InChI is InChI=1S/C16H18N2O2/c1-11-4-3-5-14(12(11)2)16(20)17-9-8-13-6-7-15(19)18-10-13/h3-7,10H,8-9H2,1-2H3,(H,17,20)(H,18,19). The fourth-order valence-corrected chi connectivity index (χ4v) is 2.01. The maximum absolute atomic E-state index is 12.1. The third kappa shape index (κ3) is 3.35. The zero-order chi connectivity index (χ0) is 14.5. The number of hydrogen-bond donors (Lipinski definition) is 2. The zero-order valence-corrected chi connectivity index (χ0v) is 11.7. The highest BCUT2D eigenvalue weighted by molar-refractivity contribution is 5.95. The van der Waals surface area contributed by atoms with Gasteiger partial charge in [0, 0.05) is 24.4 Å². The first-order chi connectivity index (χ1) is 9.58. The van der Waals surface area contributed by atoms with Crippen LogP contribution in [0.25, 0.3) is 0 Å². The van der Waals surface area contributed by atoms with Gasteiger partial charge in [-0.1, -0.05) is 18.2 Å². The van der Waals surface area contributed by atoms with Crippen molar-refractivity contribution < 1.29 is 4.79 Å². The number of aryl methyl sites for hydroxylation is 1. The molecular formula is C16H18N2O2. The molecule has 1 heterocycles. The quantitative estimate of drug-likeness (QED) is 0.892. The van der Waals surface area contributed by atoms with Gasteiger partial charge in [0.1, 0.15) is 0 Å². The van der Waals surface area contributed by atoms with Gasteiger partial charge in [-0.3, -0.25) is 9.59 Å². The Morgan fingerprint density at radius 1 is 1.20 bits per heavy atom. The monoisotopic (exact) mass is 270 g/mol. The summed E-state index contributed by atoms with van der Waals surface area (Å²) in [4.78, 5) is 25.6. The molecule has 4 heteroatoms. The maximum atomic E-state index is 12.1. The van der Waals surface area contributed by atoms with Crippen LogP contribution in [0.15, 0.2) is 41.3 Å². The van der Waals surface area contributed by atoms with E-state index in [2.05, 4.69) is 10.3 Å². The molecule has 4 nitrogen and oxygen atoms in total. The molecule has 104 valence electrons. The van der Waals surface area contributed by atoms with Crippen LogP contribution in [0.4, 0.5) is 0 Å². The van der Waals surface area contributed by atoms with Crippen molar-refractivity contribution in [2.45, 2.75) is 20.3 Å². The molecular weight excluding hydrogens is 252 g/mol. The van der Waals surface area contributed by atoms with Gasteiger partial charge in [-0.25, -0.2) is 0 Å². The van der Waals surface area contributed by atoms with Crippen molar-refractivity contribution >= 4 is 5.91 Å². The Balaban J connectivity index is 1.94. The fraction of sp³-hybridized carbons (Fsp3) is 0.250. The van der Waals surface area contributed by atoms with Gasteiger partial charge < -0.3 is 10.3 Å². The van der Waals surface area contributed by atoms with Crippen LogP contribution in [0.2, 0.25) is 0 Å². The molecule has 0 radical (unpaired) electrons. The molecule has 20 heavy (non-hydrogen) atoms. The number of carbonyl (C=O) groups excluding carboxylic acids is 1. The van der Waals surface area contributed by atoms with E-state index in [1.807, 2.05) is 32.0 Å². The van der Waals surface area contributed by atoms with Crippen molar-refractivity contribution in [1.82, 2.24) is 10.3 Å². The Labute approximate surface area is 117 Å². The number of rotatable bonds is 4. The lowest BCUT2D eigenvalue weighted by Gasteiger charge is -2.09. The van der Waals surface area contributed by atoms with E-state index in [1.54, 1.807) is 12.3 Å².